The lowest BCUT2D eigenvalue weighted by molar-refractivity contribution is -0.118. The molecule has 22 heavy (non-hydrogen) atoms. The van der Waals surface area contributed by atoms with Crippen LogP contribution in [0.25, 0.3) is 10.2 Å². The van der Waals surface area contributed by atoms with Crippen LogP contribution in [0.3, 0.4) is 0 Å². The van der Waals surface area contributed by atoms with Crippen LogP contribution < -0.4 is 11.3 Å². The number of nitrogens with zero attached hydrogens (tertiary/aromatic N) is 2. The summed E-state index contributed by atoms with van der Waals surface area (Å²) in [6.45, 7) is 2.39. The van der Waals surface area contributed by atoms with E-state index in [1.807, 2.05) is 0 Å². The average Bonchev–Trinajstić information content (AvgIpc) is 2.85. The fourth-order valence-electron chi connectivity index (χ4n) is 3.15. The predicted molar refractivity (Wildman–Crippen MR) is 88.3 cm³/mol. The van der Waals surface area contributed by atoms with Crippen molar-refractivity contribution in [2.24, 2.45) is 5.73 Å². The lowest BCUT2D eigenvalue weighted by Crippen LogP contribution is -2.28. The minimum Gasteiger partial charge on any atom is -0.370 e. The monoisotopic (exact) mass is 319 g/mol. The summed E-state index contributed by atoms with van der Waals surface area (Å²) in [5.41, 5.74) is 6.45. The van der Waals surface area contributed by atoms with E-state index in [0.29, 0.717) is 6.54 Å². The Balaban J connectivity index is 2.17. The van der Waals surface area contributed by atoms with Crippen molar-refractivity contribution < 1.29 is 4.79 Å². The molecule has 0 spiro atoms. The molecule has 2 heterocycles. The third-order valence-electron chi connectivity index (χ3n) is 4.21. The number of hydrogen-bond acceptors (Lipinski definition) is 4. The third-order valence-corrected chi connectivity index (χ3v) is 5.40. The van der Waals surface area contributed by atoms with Gasteiger partial charge < -0.3 is 5.73 Å². The van der Waals surface area contributed by atoms with Crippen LogP contribution in [0.2, 0.25) is 0 Å². The quantitative estimate of drug-likeness (QED) is 0.917. The predicted octanol–water partition coefficient (Wildman–Crippen LogP) is 2.16. The van der Waals surface area contributed by atoms with Gasteiger partial charge in [-0.2, -0.15) is 0 Å². The van der Waals surface area contributed by atoms with Crippen LogP contribution in [-0.2, 0) is 30.6 Å². The van der Waals surface area contributed by atoms with Crippen molar-refractivity contribution in [1.82, 2.24) is 9.55 Å². The van der Waals surface area contributed by atoms with Gasteiger partial charge in [-0.15, -0.1) is 11.3 Å². The zero-order valence-corrected chi connectivity index (χ0v) is 13.7. The van der Waals surface area contributed by atoms with Crippen molar-refractivity contribution in [3.63, 3.8) is 0 Å². The van der Waals surface area contributed by atoms with Crippen molar-refractivity contribution in [2.45, 2.75) is 58.4 Å². The number of aromatic nitrogens is 2. The lowest BCUT2D eigenvalue weighted by Gasteiger charge is -2.13. The molecular formula is C16H21N3O2S. The summed E-state index contributed by atoms with van der Waals surface area (Å²) >= 11 is 1.67. The smallest absolute Gasteiger partial charge is 0.262 e. The normalized spacial score (nSPS) is 14.2. The second kappa shape index (κ2) is 6.20. The Bertz CT molecular complexity index is 776. The molecule has 0 unspecified atom stereocenters. The highest BCUT2D eigenvalue weighted by molar-refractivity contribution is 7.18. The second-order valence-electron chi connectivity index (χ2n) is 5.84. The van der Waals surface area contributed by atoms with Gasteiger partial charge in [-0.3, -0.25) is 14.2 Å². The van der Waals surface area contributed by atoms with Gasteiger partial charge in [0.1, 0.15) is 10.7 Å². The van der Waals surface area contributed by atoms with Crippen molar-refractivity contribution in [3.8, 4) is 0 Å². The molecule has 6 heteroatoms. The van der Waals surface area contributed by atoms with E-state index in [-0.39, 0.29) is 17.9 Å². The van der Waals surface area contributed by atoms with Crippen LogP contribution in [0, 0.1) is 0 Å². The van der Waals surface area contributed by atoms with Crippen LogP contribution in [0.1, 0.15) is 48.9 Å². The zero-order chi connectivity index (χ0) is 15.7. The molecule has 2 aromatic heterocycles. The van der Waals surface area contributed by atoms with E-state index >= 15 is 0 Å². The highest BCUT2D eigenvalue weighted by Gasteiger charge is 2.21. The standard InChI is InChI=1S/C16H21N3O2S/c1-2-5-13-18-15-14(10-6-3-4-7-11(10)22-15)16(21)19(13)9-8-12(17)20/h2-9H2,1H3,(H2,17,20). The summed E-state index contributed by atoms with van der Waals surface area (Å²) in [5.74, 6) is 0.390. The Morgan fingerprint density at radius 2 is 2.14 bits per heavy atom. The number of aryl methyl sites for hydroxylation is 3. The molecule has 1 amide bonds. The molecule has 0 saturated carbocycles. The number of carbonyl (C=O) groups is 1. The molecule has 1 aliphatic rings. The maximum atomic E-state index is 12.9. The van der Waals surface area contributed by atoms with Crippen LogP contribution in [-0.4, -0.2) is 15.5 Å². The van der Waals surface area contributed by atoms with Gasteiger partial charge in [-0.1, -0.05) is 6.92 Å². The van der Waals surface area contributed by atoms with E-state index < -0.39 is 0 Å². The van der Waals surface area contributed by atoms with Crippen molar-refractivity contribution >= 4 is 27.5 Å². The summed E-state index contributed by atoms with van der Waals surface area (Å²) in [6.07, 6.45) is 6.19. The first-order chi connectivity index (χ1) is 10.6. The molecule has 0 atom stereocenters. The Hall–Kier alpha value is -1.69. The minimum absolute atomic E-state index is 0.00843. The summed E-state index contributed by atoms with van der Waals surface area (Å²) in [6, 6.07) is 0. The van der Waals surface area contributed by atoms with E-state index in [0.717, 1.165) is 48.1 Å². The highest BCUT2D eigenvalue weighted by atomic mass is 32.1. The van der Waals surface area contributed by atoms with E-state index in [1.54, 1.807) is 15.9 Å². The SMILES string of the molecule is CCCc1nc2sc3c(c2c(=O)n1CCC(N)=O)CCCC3. The summed E-state index contributed by atoms with van der Waals surface area (Å²) in [5, 5.41) is 0.782. The summed E-state index contributed by atoms with van der Waals surface area (Å²) < 4.78 is 1.66. The third kappa shape index (κ3) is 2.67. The maximum absolute atomic E-state index is 12.9. The summed E-state index contributed by atoms with van der Waals surface area (Å²) in [7, 11) is 0. The molecule has 0 fully saturated rings. The van der Waals surface area contributed by atoms with E-state index in [2.05, 4.69) is 6.92 Å². The topological polar surface area (TPSA) is 78.0 Å². The minimum atomic E-state index is -0.387. The van der Waals surface area contributed by atoms with Gasteiger partial charge >= 0.3 is 0 Å². The largest absolute Gasteiger partial charge is 0.370 e. The first kappa shape index (κ1) is 15.2. The Kier molecular flexibility index (Phi) is 4.29. The number of fused-ring (bicyclic) bond motifs is 3. The molecule has 2 aromatic rings. The van der Waals surface area contributed by atoms with E-state index in [9.17, 15) is 9.59 Å². The van der Waals surface area contributed by atoms with Gasteiger partial charge in [0, 0.05) is 24.3 Å². The van der Waals surface area contributed by atoms with Gasteiger partial charge in [-0.25, -0.2) is 4.98 Å². The Morgan fingerprint density at radius 1 is 1.36 bits per heavy atom. The van der Waals surface area contributed by atoms with Gasteiger partial charge in [0.2, 0.25) is 5.91 Å². The zero-order valence-electron chi connectivity index (χ0n) is 12.9. The number of nitrogens with two attached hydrogens (primary N) is 1. The molecule has 0 radical (unpaired) electrons. The van der Waals surface area contributed by atoms with Crippen LogP contribution >= 0.6 is 11.3 Å². The highest BCUT2D eigenvalue weighted by Crippen LogP contribution is 2.33. The van der Waals surface area contributed by atoms with Crippen LogP contribution in [0.15, 0.2) is 4.79 Å². The van der Waals surface area contributed by atoms with Crippen LogP contribution in [0.5, 0.6) is 0 Å². The number of thiophene rings is 1. The Morgan fingerprint density at radius 3 is 2.86 bits per heavy atom. The van der Waals surface area contributed by atoms with E-state index in [1.165, 1.54) is 16.9 Å². The van der Waals surface area contributed by atoms with Gasteiger partial charge in [0.15, 0.2) is 0 Å². The molecule has 0 aromatic carbocycles. The van der Waals surface area contributed by atoms with Gasteiger partial charge in [0.05, 0.1) is 5.39 Å². The molecule has 1 aliphatic carbocycles. The first-order valence-electron chi connectivity index (χ1n) is 7.94. The number of rotatable bonds is 5. The average molecular weight is 319 g/mol. The molecule has 0 aliphatic heterocycles. The fraction of sp³-hybridized carbons (Fsp3) is 0.562. The first-order valence-corrected chi connectivity index (χ1v) is 8.75. The second-order valence-corrected chi connectivity index (χ2v) is 6.93. The molecule has 0 bridgehead atoms. The van der Waals surface area contributed by atoms with E-state index in [4.69, 9.17) is 10.7 Å². The number of hydrogen-bond donors (Lipinski definition) is 1. The lowest BCUT2D eigenvalue weighted by atomic mass is 9.97. The van der Waals surface area contributed by atoms with Crippen molar-refractivity contribution in [3.05, 3.63) is 26.6 Å². The molecular weight excluding hydrogens is 298 g/mol. The maximum Gasteiger partial charge on any atom is 0.262 e. The molecule has 2 N–H and O–H groups in total. The van der Waals surface area contributed by atoms with Gasteiger partial charge in [-0.05, 0) is 37.7 Å². The molecule has 5 nitrogen and oxygen atoms in total. The van der Waals surface area contributed by atoms with Crippen LogP contribution in [0.4, 0.5) is 0 Å². The van der Waals surface area contributed by atoms with Gasteiger partial charge in [0.25, 0.3) is 5.56 Å². The Labute approximate surface area is 133 Å². The number of amides is 1. The molecule has 3 rings (SSSR count). The summed E-state index contributed by atoms with van der Waals surface area (Å²) in [4.78, 5) is 31.0. The van der Waals surface area contributed by atoms with Crippen molar-refractivity contribution in [1.29, 1.82) is 0 Å². The number of primary amides is 1. The fourth-order valence-corrected chi connectivity index (χ4v) is 4.42. The molecule has 118 valence electrons. The van der Waals surface area contributed by atoms with Crippen molar-refractivity contribution in [2.75, 3.05) is 0 Å². The molecule has 0 saturated heterocycles. The number of carbonyl (C=O) groups excluding carboxylic acids is 1.